The molecule has 0 saturated heterocycles. The summed E-state index contributed by atoms with van der Waals surface area (Å²) in [4.78, 5) is 11.2. The van der Waals surface area contributed by atoms with Crippen LogP contribution in [0, 0.1) is 6.92 Å². The lowest BCUT2D eigenvalue weighted by molar-refractivity contribution is 0.560. The van der Waals surface area contributed by atoms with Crippen LogP contribution in [-0.2, 0) is 0 Å². The van der Waals surface area contributed by atoms with Gasteiger partial charge in [0, 0.05) is 23.2 Å². The molecular weight excluding hydrogens is 204 g/mol. The van der Waals surface area contributed by atoms with Crippen LogP contribution in [0.4, 0.5) is 5.69 Å². The average Bonchev–Trinajstić information content (AvgIpc) is 2.25. The van der Waals surface area contributed by atoms with Crippen LogP contribution >= 0.6 is 0 Å². The van der Waals surface area contributed by atoms with E-state index in [1.165, 1.54) is 6.07 Å². The molecule has 0 aliphatic carbocycles. The van der Waals surface area contributed by atoms with E-state index in [-0.39, 0.29) is 5.63 Å². The number of nitrogens with one attached hydrogen (secondary N) is 2. The van der Waals surface area contributed by atoms with Crippen molar-refractivity contribution in [3.63, 3.8) is 0 Å². The summed E-state index contributed by atoms with van der Waals surface area (Å²) in [5, 5.41) is 7.10. The molecule has 0 radical (unpaired) electrons. The molecule has 0 saturated carbocycles. The lowest BCUT2D eigenvalue weighted by atomic mass is 10.1. The number of benzene rings is 1. The van der Waals surface area contributed by atoms with Gasteiger partial charge < -0.3 is 15.1 Å². The summed E-state index contributed by atoms with van der Waals surface area (Å²) >= 11 is 0. The molecule has 0 amide bonds. The number of hydrogen-bond donors (Lipinski definition) is 2. The predicted molar refractivity (Wildman–Crippen MR) is 64.8 cm³/mol. The Morgan fingerprint density at radius 3 is 2.88 bits per heavy atom. The summed E-state index contributed by atoms with van der Waals surface area (Å²) in [6.45, 7) is 2.57. The zero-order valence-electron chi connectivity index (χ0n) is 9.33. The Bertz CT molecular complexity index is 560. The summed E-state index contributed by atoms with van der Waals surface area (Å²) in [7, 11) is 1.86. The molecule has 2 rings (SSSR count). The fraction of sp³-hybridized carbons (Fsp3) is 0.250. The largest absolute Gasteiger partial charge is 0.423 e. The Morgan fingerprint density at radius 1 is 1.31 bits per heavy atom. The third kappa shape index (κ3) is 2.06. The smallest absolute Gasteiger partial charge is 0.336 e. The molecule has 16 heavy (non-hydrogen) atoms. The van der Waals surface area contributed by atoms with Gasteiger partial charge in [-0.2, -0.15) is 0 Å². The van der Waals surface area contributed by atoms with Crippen LogP contribution in [0.25, 0.3) is 11.0 Å². The summed E-state index contributed by atoms with van der Waals surface area (Å²) in [6, 6.07) is 7.25. The van der Waals surface area contributed by atoms with Gasteiger partial charge in [-0.15, -0.1) is 0 Å². The van der Waals surface area contributed by atoms with Gasteiger partial charge in [0.2, 0.25) is 0 Å². The minimum atomic E-state index is -0.309. The minimum absolute atomic E-state index is 0.309. The highest BCUT2D eigenvalue weighted by molar-refractivity contribution is 5.83. The van der Waals surface area contributed by atoms with Crippen molar-refractivity contribution in [2.75, 3.05) is 19.0 Å². The van der Waals surface area contributed by atoms with Crippen molar-refractivity contribution in [1.29, 1.82) is 0 Å². The lowest BCUT2D eigenvalue weighted by Gasteiger charge is -2.06. The van der Waals surface area contributed by atoms with Gasteiger partial charge in [0.15, 0.2) is 0 Å². The van der Waals surface area contributed by atoms with Crippen LogP contribution in [-0.4, -0.2) is 13.7 Å². The van der Waals surface area contributed by atoms with E-state index in [2.05, 4.69) is 10.6 Å². The van der Waals surface area contributed by atoms with Gasteiger partial charge in [-0.3, -0.25) is 0 Å². The molecule has 0 bridgehead atoms. The van der Waals surface area contributed by atoms with Gasteiger partial charge in [-0.25, -0.2) is 4.79 Å². The second-order valence-electron chi connectivity index (χ2n) is 3.67. The maximum Gasteiger partial charge on any atom is 0.336 e. The Hall–Kier alpha value is -1.81. The van der Waals surface area contributed by atoms with Crippen molar-refractivity contribution in [3.8, 4) is 0 Å². The van der Waals surface area contributed by atoms with Crippen LogP contribution in [0.2, 0.25) is 0 Å². The van der Waals surface area contributed by atoms with Crippen molar-refractivity contribution < 1.29 is 4.42 Å². The molecule has 1 aromatic carbocycles. The van der Waals surface area contributed by atoms with Crippen LogP contribution in [0.15, 0.2) is 33.5 Å². The van der Waals surface area contributed by atoms with Crippen molar-refractivity contribution in [2.24, 2.45) is 0 Å². The predicted octanol–water partition coefficient (Wildman–Crippen LogP) is 1.69. The van der Waals surface area contributed by atoms with Gasteiger partial charge in [-0.05, 0) is 31.7 Å². The molecule has 2 aromatic rings. The van der Waals surface area contributed by atoms with E-state index in [0.29, 0.717) is 12.3 Å². The number of anilines is 1. The highest BCUT2D eigenvalue weighted by Crippen LogP contribution is 2.20. The second kappa shape index (κ2) is 4.37. The fourth-order valence-electron chi connectivity index (χ4n) is 1.63. The molecule has 2 N–H and O–H groups in total. The van der Waals surface area contributed by atoms with Gasteiger partial charge in [0.1, 0.15) is 5.58 Å². The van der Waals surface area contributed by atoms with Crippen molar-refractivity contribution in [1.82, 2.24) is 5.32 Å². The normalized spacial score (nSPS) is 10.6. The first-order valence-electron chi connectivity index (χ1n) is 5.13. The highest BCUT2D eigenvalue weighted by Gasteiger charge is 2.02. The highest BCUT2D eigenvalue weighted by atomic mass is 16.4. The van der Waals surface area contributed by atoms with E-state index in [1.54, 1.807) is 0 Å². The molecule has 0 atom stereocenters. The quantitative estimate of drug-likeness (QED) is 0.608. The van der Waals surface area contributed by atoms with E-state index >= 15 is 0 Å². The summed E-state index contributed by atoms with van der Waals surface area (Å²) in [5.41, 5.74) is 2.17. The first-order chi connectivity index (χ1) is 7.70. The van der Waals surface area contributed by atoms with Gasteiger partial charge >= 0.3 is 5.63 Å². The Kier molecular flexibility index (Phi) is 2.92. The van der Waals surface area contributed by atoms with Crippen LogP contribution in [0.1, 0.15) is 5.56 Å². The van der Waals surface area contributed by atoms with Gasteiger partial charge in [0.05, 0.1) is 6.67 Å². The topological polar surface area (TPSA) is 54.3 Å². The second-order valence-corrected chi connectivity index (χ2v) is 3.67. The maximum absolute atomic E-state index is 11.2. The third-order valence-corrected chi connectivity index (χ3v) is 2.42. The molecule has 0 unspecified atom stereocenters. The molecule has 1 aromatic heterocycles. The Balaban J connectivity index is 2.49. The minimum Gasteiger partial charge on any atom is -0.423 e. The zero-order chi connectivity index (χ0) is 11.5. The molecule has 1 heterocycles. The van der Waals surface area contributed by atoms with E-state index in [0.717, 1.165) is 16.6 Å². The molecule has 84 valence electrons. The molecular formula is C12H14N2O2. The van der Waals surface area contributed by atoms with Crippen LogP contribution < -0.4 is 16.3 Å². The first kappa shape index (κ1) is 10.7. The van der Waals surface area contributed by atoms with Gasteiger partial charge in [-0.1, -0.05) is 0 Å². The maximum atomic E-state index is 11.2. The summed E-state index contributed by atoms with van der Waals surface area (Å²) < 4.78 is 5.15. The van der Waals surface area contributed by atoms with E-state index < -0.39 is 0 Å². The monoisotopic (exact) mass is 218 g/mol. The Labute approximate surface area is 93.3 Å². The summed E-state index contributed by atoms with van der Waals surface area (Å²) in [6.07, 6.45) is 0. The van der Waals surface area contributed by atoms with E-state index in [4.69, 9.17) is 4.42 Å². The molecule has 0 aliphatic rings. The standard InChI is InChI=1S/C12H14N2O2/c1-8-5-12(15)16-11-6-9(14-7-13-2)3-4-10(8)11/h3-6,13-14H,7H2,1-2H3. The molecule has 0 aliphatic heterocycles. The lowest BCUT2D eigenvalue weighted by Crippen LogP contribution is -2.16. The number of hydrogen-bond acceptors (Lipinski definition) is 4. The van der Waals surface area contributed by atoms with Crippen LogP contribution in [0.5, 0.6) is 0 Å². The molecule has 0 spiro atoms. The summed E-state index contributed by atoms with van der Waals surface area (Å²) in [5.74, 6) is 0. The van der Waals surface area contributed by atoms with E-state index in [9.17, 15) is 4.79 Å². The van der Waals surface area contributed by atoms with Crippen molar-refractivity contribution >= 4 is 16.7 Å². The Morgan fingerprint density at radius 2 is 2.12 bits per heavy atom. The molecule has 4 nitrogen and oxygen atoms in total. The first-order valence-corrected chi connectivity index (χ1v) is 5.13. The fourth-order valence-corrected chi connectivity index (χ4v) is 1.63. The van der Waals surface area contributed by atoms with E-state index in [1.807, 2.05) is 32.2 Å². The van der Waals surface area contributed by atoms with Crippen molar-refractivity contribution in [2.45, 2.75) is 6.92 Å². The number of fused-ring (bicyclic) bond motifs is 1. The van der Waals surface area contributed by atoms with Gasteiger partial charge in [0.25, 0.3) is 0 Å². The molecule has 0 fully saturated rings. The molecule has 4 heteroatoms. The average molecular weight is 218 g/mol. The van der Waals surface area contributed by atoms with Crippen molar-refractivity contribution in [3.05, 3.63) is 40.2 Å². The zero-order valence-corrected chi connectivity index (χ0v) is 9.33. The third-order valence-electron chi connectivity index (χ3n) is 2.42. The number of aryl methyl sites for hydroxylation is 1. The van der Waals surface area contributed by atoms with Crippen LogP contribution in [0.3, 0.4) is 0 Å². The number of rotatable bonds is 3. The SMILES string of the molecule is CNCNc1ccc2c(C)cc(=O)oc2c1.